The van der Waals surface area contributed by atoms with E-state index in [0.717, 1.165) is 11.1 Å². The van der Waals surface area contributed by atoms with Crippen LogP contribution in [0, 0.1) is 5.41 Å². The topological polar surface area (TPSA) is 73.3 Å². The molecule has 0 bridgehead atoms. The third kappa shape index (κ3) is 1.44. The lowest BCUT2D eigenvalue weighted by Crippen LogP contribution is -2.41. The van der Waals surface area contributed by atoms with Gasteiger partial charge in [0.15, 0.2) is 5.96 Å². The van der Waals surface area contributed by atoms with Crippen LogP contribution in [0.5, 0.6) is 0 Å². The van der Waals surface area contributed by atoms with Crippen LogP contribution in [0.1, 0.15) is 17.2 Å². The number of β-amino-alcohol motifs (C(OH)–C–C–N with tert-alkyl or cyclic N) is 1. The summed E-state index contributed by atoms with van der Waals surface area (Å²) in [6.45, 7) is 1.02. The van der Waals surface area contributed by atoms with E-state index in [1.807, 2.05) is 24.3 Å². The lowest BCUT2D eigenvalue weighted by molar-refractivity contribution is 0.126. The summed E-state index contributed by atoms with van der Waals surface area (Å²) >= 11 is 0. The Kier molecular flexibility index (Phi) is 2.13. The zero-order valence-corrected chi connectivity index (χ0v) is 7.77. The number of nitrogens with two attached hydrogens (primary N) is 1. The van der Waals surface area contributed by atoms with Crippen molar-refractivity contribution in [2.24, 2.45) is 5.73 Å². The average molecular weight is 194 g/mol. The molecule has 1 unspecified atom stereocenters. The number of nitrogens with one attached hydrogen (secondary N) is 1. The van der Waals surface area contributed by atoms with Gasteiger partial charge in [-0.25, -0.2) is 0 Å². The van der Waals surface area contributed by atoms with E-state index in [0.29, 0.717) is 13.1 Å². The fraction of sp³-hybridized carbons (Fsp3) is 0.300. The molecular formula is C10H13N3O. The van der Waals surface area contributed by atoms with Gasteiger partial charge < -0.3 is 15.7 Å². The number of aliphatic hydroxyl groups excluding tert-OH is 1. The Morgan fingerprint density at radius 1 is 1.50 bits per heavy atom. The van der Waals surface area contributed by atoms with Gasteiger partial charge in [0.25, 0.3) is 0 Å². The van der Waals surface area contributed by atoms with Crippen molar-refractivity contribution in [3.63, 3.8) is 0 Å². The summed E-state index contributed by atoms with van der Waals surface area (Å²) in [4.78, 5) is 1.66. The van der Waals surface area contributed by atoms with Crippen LogP contribution in [-0.2, 0) is 6.54 Å². The molecule has 1 heterocycles. The second-order valence-corrected chi connectivity index (χ2v) is 3.48. The van der Waals surface area contributed by atoms with Crippen molar-refractivity contribution in [3.8, 4) is 0 Å². The van der Waals surface area contributed by atoms with Crippen LogP contribution in [0.2, 0.25) is 0 Å². The Bertz CT molecular complexity index is 364. The summed E-state index contributed by atoms with van der Waals surface area (Å²) in [6.07, 6.45) is -0.538. The predicted molar refractivity (Wildman–Crippen MR) is 53.7 cm³/mol. The highest BCUT2D eigenvalue weighted by molar-refractivity contribution is 5.75. The molecule has 14 heavy (non-hydrogen) atoms. The monoisotopic (exact) mass is 194 g/mol. The predicted octanol–water partition coefficient (Wildman–Crippen LogP) is 0.429. The molecule has 0 saturated heterocycles. The van der Waals surface area contributed by atoms with Crippen LogP contribution in [0.3, 0.4) is 0 Å². The summed E-state index contributed by atoms with van der Waals surface area (Å²) in [5.41, 5.74) is 7.38. The summed E-state index contributed by atoms with van der Waals surface area (Å²) in [5.74, 6) is 0.0125. The Hall–Kier alpha value is -1.55. The van der Waals surface area contributed by atoms with E-state index in [-0.39, 0.29) is 5.96 Å². The highest BCUT2D eigenvalue weighted by atomic mass is 16.3. The maximum absolute atomic E-state index is 9.79. The van der Waals surface area contributed by atoms with E-state index in [4.69, 9.17) is 11.1 Å². The Morgan fingerprint density at radius 2 is 2.21 bits per heavy atom. The summed E-state index contributed by atoms with van der Waals surface area (Å²) in [6, 6.07) is 7.70. The number of fused-ring (bicyclic) bond motifs is 1. The van der Waals surface area contributed by atoms with E-state index in [1.54, 1.807) is 4.90 Å². The quantitative estimate of drug-likeness (QED) is 0.243. The number of nitrogens with zero attached hydrogens (tertiary/aromatic N) is 1. The molecule has 1 aromatic rings. The maximum atomic E-state index is 9.79. The van der Waals surface area contributed by atoms with Crippen LogP contribution >= 0.6 is 0 Å². The normalized spacial score (nSPS) is 20.4. The van der Waals surface area contributed by atoms with Gasteiger partial charge >= 0.3 is 0 Å². The van der Waals surface area contributed by atoms with Gasteiger partial charge in [-0.15, -0.1) is 0 Å². The van der Waals surface area contributed by atoms with E-state index < -0.39 is 6.10 Å². The molecule has 74 valence electrons. The van der Waals surface area contributed by atoms with Crippen molar-refractivity contribution < 1.29 is 5.11 Å². The van der Waals surface area contributed by atoms with E-state index in [1.165, 1.54) is 0 Å². The lowest BCUT2D eigenvalue weighted by atomic mass is 9.98. The molecule has 0 amide bonds. The Labute approximate surface area is 82.5 Å². The molecule has 1 aliphatic heterocycles. The first-order chi connectivity index (χ1) is 6.68. The van der Waals surface area contributed by atoms with Crippen molar-refractivity contribution in [1.82, 2.24) is 4.90 Å². The van der Waals surface area contributed by atoms with Gasteiger partial charge in [-0.1, -0.05) is 24.3 Å². The van der Waals surface area contributed by atoms with Crippen molar-refractivity contribution >= 4 is 5.96 Å². The second kappa shape index (κ2) is 3.31. The molecule has 0 aliphatic carbocycles. The molecule has 4 N–H and O–H groups in total. The molecule has 1 atom stereocenters. The number of hydrogen-bond acceptors (Lipinski definition) is 2. The van der Waals surface area contributed by atoms with Gasteiger partial charge in [0.2, 0.25) is 0 Å². The van der Waals surface area contributed by atoms with Gasteiger partial charge in [0.05, 0.1) is 12.6 Å². The molecule has 0 saturated carbocycles. The number of aliphatic hydroxyl groups is 1. The summed E-state index contributed by atoms with van der Waals surface area (Å²) in [7, 11) is 0. The third-order valence-electron chi connectivity index (χ3n) is 2.51. The van der Waals surface area contributed by atoms with Crippen LogP contribution in [-0.4, -0.2) is 22.5 Å². The fourth-order valence-electron chi connectivity index (χ4n) is 1.76. The fourth-order valence-corrected chi connectivity index (χ4v) is 1.76. The van der Waals surface area contributed by atoms with Gasteiger partial charge in [0.1, 0.15) is 0 Å². The van der Waals surface area contributed by atoms with Gasteiger partial charge in [-0.3, -0.25) is 5.41 Å². The Balaban J connectivity index is 2.33. The zero-order chi connectivity index (χ0) is 10.1. The maximum Gasteiger partial charge on any atom is 0.188 e. The van der Waals surface area contributed by atoms with Gasteiger partial charge in [-0.2, -0.15) is 0 Å². The van der Waals surface area contributed by atoms with Crippen molar-refractivity contribution in [2.45, 2.75) is 12.6 Å². The first kappa shape index (κ1) is 9.02. The zero-order valence-electron chi connectivity index (χ0n) is 7.77. The number of hydrogen-bond donors (Lipinski definition) is 3. The lowest BCUT2D eigenvalue weighted by Gasteiger charge is -2.32. The van der Waals surface area contributed by atoms with Crippen LogP contribution in [0.15, 0.2) is 24.3 Å². The molecular weight excluding hydrogens is 181 g/mol. The number of guanidine groups is 1. The van der Waals surface area contributed by atoms with Crippen LogP contribution < -0.4 is 5.73 Å². The molecule has 1 aromatic carbocycles. The third-order valence-corrected chi connectivity index (χ3v) is 2.51. The van der Waals surface area contributed by atoms with Crippen LogP contribution in [0.25, 0.3) is 0 Å². The van der Waals surface area contributed by atoms with Crippen molar-refractivity contribution in [1.29, 1.82) is 5.41 Å². The molecule has 0 radical (unpaired) electrons. The minimum atomic E-state index is -0.538. The highest BCUT2D eigenvalue weighted by Gasteiger charge is 2.23. The second-order valence-electron chi connectivity index (χ2n) is 3.48. The average Bonchev–Trinajstić information content (AvgIpc) is 2.17. The van der Waals surface area contributed by atoms with Crippen molar-refractivity contribution in [2.75, 3.05) is 6.54 Å². The standard InChI is InChI=1S/C10H13N3O/c11-10(12)13-5-7-3-1-2-4-8(7)9(14)6-13/h1-4,9,14H,5-6H2,(H3,11,12)/i10+1,11+1,12+1. The highest BCUT2D eigenvalue weighted by Crippen LogP contribution is 2.25. The smallest absolute Gasteiger partial charge is 0.188 e. The van der Waals surface area contributed by atoms with Crippen molar-refractivity contribution in [3.05, 3.63) is 35.4 Å². The molecule has 0 aromatic heterocycles. The number of benzene rings is 1. The Morgan fingerprint density at radius 3 is 2.93 bits per heavy atom. The minimum absolute atomic E-state index is 0.0125. The molecule has 1 aliphatic rings. The van der Waals surface area contributed by atoms with E-state index in [9.17, 15) is 5.11 Å². The van der Waals surface area contributed by atoms with Crippen LogP contribution in [0.4, 0.5) is 0 Å². The van der Waals surface area contributed by atoms with E-state index >= 15 is 0 Å². The SMILES string of the molecule is [15NH]=[13C]([15NH2])N1Cc2ccccc2C(O)C1. The minimum Gasteiger partial charge on any atom is -0.387 e. The molecule has 4 heteroatoms. The van der Waals surface area contributed by atoms with Gasteiger partial charge in [-0.05, 0) is 11.1 Å². The summed E-state index contributed by atoms with van der Waals surface area (Å²) < 4.78 is 0. The first-order valence-electron chi connectivity index (χ1n) is 4.53. The first-order valence-corrected chi connectivity index (χ1v) is 4.53. The van der Waals surface area contributed by atoms with E-state index in [2.05, 4.69) is 0 Å². The summed E-state index contributed by atoms with van der Waals surface area (Å²) in [5, 5.41) is 17.1. The largest absolute Gasteiger partial charge is 0.387 e. The number of rotatable bonds is 0. The van der Waals surface area contributed by atoms with Gasteiger partial charge in [0, 0.05) is 6.54 Å². The molecule has 2 rings (SSSR count). The molecule has 4 nitrogen and oxygen atoms in total. The molecule has 0 fully saturated rings. The molecule has 0 spiro atoms.